The topological polar surface area (TPSA) is 12.5 Å². The van der Waals surface area contributed by atoms with Crippen molar-refractivity contribution in [2.45, 2.75) is 16.7 Å². The molecule has 0 aliphatic carbocycles. The Morgan fingerprint density at radius 3 is 1.83 bits per heavy atom. The molecule has 2 nitrogen and oxygen atoms in total. The van der Waals surface area contributed by atoms with E-state index in [-0.39, 0.29) is 6.71 Å². The Hall–Kier alpha value is -5.23. The van der Waals surface area contributed by atoms with Crippen LogP contribution in [0.5, 0.6) is 11.5 Å². The molecule has 0 atom stereocenters. The molecule has 0 amide bonds. The number of fused-ring (bicyclic) bond motifs is 6. The molecule has 5 heteroatoms. The zero-order valence-corrected chi connectivity index (χ0v) is 28.2. The predicted octanol–water partition coefficient (Wildman–Crippen LogP) is 6.24. The maximum absolute atomic E-state index is 6.82. The molecule has 0 saturated heterocycles. The third-order valence-electron chi connectivity index (χ3n) is 10.3. The fraction of sp³-hybridized carbons (Fsp3) is 0.0233. The first-order valence-corrected chi connectivity index (χ1v) is 19.4. The van der Waals surface area contributed by atoms with Gasteiger partial charge in [-0.3, -0.25) is 0 Å². The lowest BCUT2D eigenvalue weighted by Gasteiger charge is -2.45. The highest BCUT2D eigenvalue weighted by Crippen LogP contribution is 2.44. The van der Waals surface area contributed by atoms with E-state index < -0.39 is 8.07 Å². The first-order valence-electron chi connectivity index (χ1n) is 16.5. The lowest BCUT2D eigenvalue weighted by Crippen LogP contribution is -2.77. The van der Waals surface area contributed by atoms with E-state index in [1.54, 1.807) is 0 Å². The van der Waals surface area contributed by atoms with Crippen LogP contribution in [0.4, 0.5) is 17.1 Å². The summed E-state index contributed by atoms with van der Waals surface area (Å²) in [6.45, 7) is 2.33. The normalized spacial score (nSPS) is 14.5. The molecule has 7 aromatic rings. The molecule has 0 N–H and O–H groups in total. The van der Waals surface area contributed by atoms with Crippen LogP contribution in [-0.4, -0.2) is 14.8 Å². The highest BCUT2D eigenvalue weighted by molar-refractivity contribution is 8.00. The van der Waals surface area contributed by atoms with E-state index in [0.717, 1.165) is 17.2 Å². The van der Waals surface area contributed by atoms with Crippen LogP contribution in [0.3, 0.4) is 0 Å². The van der Waals surface area contributed by atoms with Crippen LogP contribution < -0.4 is 46.8 Å². The largest absolute Gasteiger partial charge is 0.458 e. The average Bonchev–Trinajstić information content (AvgIpc) is 3.14. The van der Waals surface area contributed by atoms with Crippen LogP contribution in [0.2, 0.25) is 0 Å². The predicted molar refractivity (Wildman–Crippen MR) is 205 cm³/mol. The van der Waals surface area contributed by atoms with Crippen LogP contribution >= 0.6 is 11.8 Å². The number of nitrogens with zero attached hydrogens (tertiary/aromatic N) is 1. The Labute approximate surface area is 286 Å². The van der Waals surface area contributed by atoms with Crippen molar-refractivity contribution in [3.05, 3.63) is 169 Å². The van der Waals surface area contributed by atoms with E-state index in [2.05, 4.69) is 176 Å². The van der Waals surface area contributed by atoms with Gasteiger partial charge in [0.15, 0.2) is 8.07 Å². The van der Waals surface area contributed by atoms with Crippen molar-refractivity contribution in [3.63, 3.8) is 0 Å². The third kappa shape index (κ3) is 3.89. The number of hydrogen-bond donors (Lipinski definition) is 0. The SMILES string of the molecule is Cc1ccc2c(c1)Sc1cc(N3c4ccccc4[Si](c4ccccc4)(c4ccccc4)c4ccccc43)cc3c1B2c1ccccc1O3. The Balaban J connectivity index is 1.25. The van der Waals surface area contributed by atoms with Crippen molar-refractivity contribution >= 4 is 80.7 Å². The van der Waals surface area contributed by atoms with Crippen LogP contribution in [-0.2, 0) is 0 Å². The number of hydrogen-bond acceptors (Lipinski definition) is 3. The van der Waals surface area contributed by atoms with Gasteiger partial charge in [-0.05, 0) is 68.9 Å². The zero-order chi connectivity index (χ0) is 31.8. The molecule has 0 fully saturated rings. The molecule has 0 spiro atoms. The monoisotopic (exact) mass is 647 g/mol. The Kier molecular flexibility index (Phi) is 6.17. The van der Waals surface area contributed by atoms with Crippen LogP contribution in [0.15, 0.2) is 174 Å². The van der Waals surface area contributed by atoms with Gasteiger partial charge in [-0.1, -0.05) is 150 Å². The van der Waals surface area contributed by atoms with Gasteiger partial charge in [0.1, 0.15) is 11.5 Å². The van der Waals surface area contributed by atoms with E-state index in [1.807, 2.05) is 11.8 Å². The number of para-hydroxylation sites is 3. The molecular weight excluding hydrogens is 617 g/mol. The quantitative estimate of drug-likeness (QED) is 0.211. The standard InChI is InChI=1S/C43H30BNOSSi/c1-29-24-25-34-39(26-29)47-40-28-30(27-38-43(40)44(34)33-18-8-11-21-37(33)46-38)45-35-19-9-12-22-41(35)48(31-14-4-2-5-15-31,32-16-6-3-7-17-32)42-23-13-10-20-36(42)45/h2-28H,1H3. The van der Waals surface area contributed by atoms with Crippen LogP contribution in [0.1, 0.15) is 5.56 Å². The van der Waals surface area contributed by atoms with Gasteiger partial charge in [0.25, 0.3) is 6.71 Å². The molecule has 226 valence electrons. The minimum absolute atomic E-state index is 0.142. The maximum Gasteiger partial charge on any atom is 0.253 e. The second-order valence-corrected chi connectivity index (χ2v) is 17.7. The number of rotatable bonds is 3. The summed E-state index contributed by atoms with van der Waals surface area (Å²) in [5.74, 6) is 1.88. The third-order valence-corrected chi connectivity index (χ3v) is 16.3. The second-order valence-electron chi connectivity index (χ2n) is 12.9. The van der Waals surface area contributed by atoms with Crippen molar-refractivity contribution in [3.8, 4) is 11.5 Å². The molecule has 0 aromatic heterocycles. The number of anilines is 3. The zero-order valence-electron chi connectivity index (χ0n) is 26.4. The van der Waals surface area contributed by atoms with Crippen molar-refractivity contribution in [2.24, 2.45) is 0 Å². The second kappa shape index (κ2) is 10.6. The molecular formula is C43H30BNOSSi. The van der Waals surface area contributed by atoms with E-state index in [0.29, 0.717) is 0 Å². The van der Waals surface area contributed by atoms with Gasteiger partial charge >= 0.3 is 0 Å². The van der Waals surface area contributed by atoms with Crippen molar-refractivity contribution in [2.75, 3.05) is 4.90 Å². The molecule has 3 heterocycles. The summed E-state index contributed by atoms with van der Waals surface area (Å²) in [4.78, 5) is 5.07. The Bertz CT molecular complexity index is 2310. The van der Waals surface area contributed by atoms with Crippen LogP contribution in [0.25, 0.3) is 0 Å². The number of ether oxygens (including phenoxy) is 1. The van der Waals surface area contributed by atoms with E-state index in [9.17, 15) is 0 Å². The summed E-state index contributed by atoms with van der Waals surface area (Å²) in [6.07, 6.45) is 0. The molecule has 0 unspecified atom stereocenters. The van der Waals surface area contributed by atoms with Gasteiger partial charge in [-0.25, -0.2) is 0 Å². The molecule has 10 rings (SSSR count). The average molecular weight is 648 g/mol. The maximum atomic E-state index is 6.82. The van der Waals surface area contributed by atoms with Crippen molar-refractivity contribution in [1.82, 2.24) is 0 Å². The fourth-order valence-corrected chi connectivity index (χ4v) is 14.8. The summed E-state index contributed by atoms with van der Waals surface area (Å²) >= 11 is 1.87. The van der Waals surface area contributed by atoms with Gasteiger partial charge in [-0.2, -0.15) is 0 Å². The Morgan fingerprint density at radius 1 is 0.542 bits per heavy atom. The lowest BCUT2D eigenvalue weighted by molar-refractivity contribution is 0.486. The summed E-state index contributed by atoms with van der Waals surface area (Å²) in [6, 6.07) is 60.8. The van der Waals surface area contributed by atoms with E-state index in [1.165, 1.54) is 63.9 Å². The van der Waals surface area contributed by atoms with Gasteiger partial charge in [0, 0.05) is 27.2 Å². The first-order chi connectivity index (χ1) is 23.7. The van der Waals surface area contributed by atoms with Gasteiger partial charge in [0.2, 0.25) is 0 Å². The highest BCUT2D eigenvalue weighted by Gasteiger charge is 2.49. The summed E-state index contributed by atoms with van der Waals surface area (Å²) in [5, 5.41) is 5.57. The van der Waals surface area contributed by atoms with Gasteiger partial charge < -0.3 is 9.64 Å². The van der Waals surface area contributed by atoms with Crippen molar-refractivity contribution in [1.29, 1.82) is 0 Å². The smallest absolute Gasteiger partial charge is 0.253 e. The minimum atomic E-state index is -2.68. The molecule has 3 aliphatic rings. The van der Waals surface area contributed by atoms with Crippen LogP contribution in [0, 0.1) is 6.92 Å². The minimum Gasteiger partial charge on any atom is -0.458 e. The van der Waals surface area contributed by atoms with E-state index in [4.69, 9.17) is 4.74 Å². The Morgan fingerprint density at radius 2 is 1.15 bits per heavy atom. The fourth-order valence-electron chi connectivity index (χ4n) is 8.36. The molecule has 3 aliphatic heterocycles. The molecule has 0 saturated carbocycles. The van der Waals surface area contributed by atoms with Gasteiger partial charge in [-0.15, -0.1) is 0 Å². The first kappa shape index (κ1) is 27.8. The summed E-state index contributed by atoms with van der Waals surface area (Å²) < 4.78 is 6.82. The number of aryl methyl sites for hydroxylation is 1. The van der Waals surface area contributed by atoms with Gasteiger partial charge in [0.05, 0.1) is 5.69 Å². The summed E-state index contributed by atoms with van der Waals surface area (Å²) in [7, 11) is -2.68. The molecule has 48 heavy (non-hydrogen) atoms. The summed E-state index contributed by atoms with van der Waals surface area (Å²) in [5.41, 5.74) is 8.73. The molecule has 0 bridgehead atoms. The highest BCUT2D eigenvalue weighted by atomic mass is 32.2. The van der Waals surface area contributed by atoms with Crippen molar-refractivity contribution < 1.29 is 4.74 Å². The molecule has 0 radical (unpaired) electrons. The lowest BCUT2D eigenvalue weighted by atomic mass is 9.35. The number of benzene rings is 7. The molecule has 7 aromatic carbocycles. The van der Waals surface area contributed by atoms with E-state index >= 15 is 0 Å².